The fourth-order valence-electron chi connectivity index (χ4n) is 3.64. The van der Waals surface area contributed by atoms with E-state index in [9.17, 15) is 18.3 Å². The minimum atomic E-state index is -4.48. The Kier molecular flexibility index (Phi) is 6.64. The lowest BCUT2D eigenvalue weighted by atomic mass is 10.1. The number of fused-ring (bicyclic) bond motifs is 1. The number of ether oxygens (including phenoxy) is 1. The van der Waals surface area contributed by atoms with E-state index in [1.807, 2.05) is 30.3 Å². The average Bonchev–Trinajstić information content (AvgIpc) is 3.08. The summed E-state index contributed by atoms with van der Waals surface area (Å²) in [5.74, 6) is 2.44. The molecule has 0 amide bonds. The molecule has 34 heavy (non-hydrogen) atoms. The first-order valence-corrected chi connectivity index (χ1v) is 11.8. The fourth-order valence-corrected chi connectivity index (χ4v) is 4.85. The van der Waals surface area contributed by atoms with Crippen LogP contribution >= 0.6 is 11.8 Å². The van der Waals surface area contributed by atoms with Crippen LogP contribution in [0.15, 0.2) is 71.6 Å². The maximum Gasteiger partial charge on any atom is 0.418 e. The van der Waals surface area contributed by atoms with E-state index in [2.05, 4.69) is 4.98 Å². The molecule has 4 nitrogen and oxygen atoms in total. The lowest BCUT2D eigenvalue weighted by molar-refractivity contribution is -0.136. The van der Waals surface area contributed by atoms with Crippen LogP contribution in [0.3, 0.4) is 0 Å². The van der Waals surface area contributed by atoms with E-state index < -0.39 is 17.3 Å². The number of halogens is 3. The van der Waals surface area contributed by atoms with Gasteiger partial charge in [-0.15, -0.1) is 11.8 Å². The second-order valence-electron chi connectivity index (χ2n) is 8.65. The summed E-state index contributed by atoms with van der Waals surface area (Å²) in [6.07, 6.45) is -3.81. The molecule has 0 radical (unpaired) electrons. The van der Waals surface area contributed by atoms with Crippen molar-refractivity contribution >= 4 is 22.8 Å². The number of nitrogens with zero attached hydrogens (tertiary/aromatic N) is 2. The highest BCUT2D eigenvalue weighted by Crippen LogP contribution is 2.36. The smallest absolute Gasteiger partial charge is 0.418 e. The number of rotatable bonds is 7. The summed E-state index contributed by atoms with van der Waals surface area (Å²) in [6, 6.07) is 18.9. The topological polar surface area (TPSA) is 47.3 Å². The van der Waals surface area contributed by atoms with E-state index in [-0.39, 0.29) is 5.52 Å². The van der Waals surface area contributed by atoms with Gasteiger partial charge in [-0.1, -0.05) is 18.2 Å². The van der Waals surface area contributed by atoms with Crippen LogP contribution in [0.5, 0.6) is 11.5 Å². The summed E-state index contributed by atoms with van der Waals surface area (Å²) < 4.78 is 48.1. The summed E-state index contributed by atoms with van der Waals surface area (Å²) in [5, 5.41) is 9.89. The van der Waals surface area contributed by atoms with Gasteiger partial charge in [-0.2, -0.15) is 13.2 Å². The first-order chi connectivity index (χ1) is 16.0. The fraction of sp³-hybridized carbons (Fsp3) is 0.269. The van der Waals surface area contributed by atoms with Crippen molar-refractivity contribution in [3.05, 3.63) is 78.1 Å². The Balaban J connectivity index is 1.60. The molecule has 1 N–H and O–H groups in total. The third-order valence-electron chi connectivity index (χ3n) is 5.26. The molecule has 8 heteroatoms. The molecule has 0 bridgehead atoms. The van der Waals surface area contributed by atoms with Crippen LogP contribution in [0.4, 0.5) is 13.2 Å². The van der Waals surface area contributed by atoms with Gasteiger partial charge in [0.1, 0.15) is 22.8 Å². The molecular formula is C26H25F3N2O2S. The Morgan fingerprint density at radius 2 is 1.65 bits per heavy atom. The number of thioether (sulfide) groups is 1. The summed E-state index contributed by atoms with van der Waals surface area (Å²) >= 11 is 1.64. The molecule has 1 aromatic heterocycles. The normalized spacial score (nSPS) is 12.3. The Morgan fingerprint density at radius 1 is 0.971 bits per heavy atom. The molecule has 0 saturated carbocycles. The van der Waals surface area contributed by atoms with Gasteiger partial charge < -0.3 is 9.84 Å². The van der Waals surface area contributed by atoms with Gasteiger partial charge in [-0.3, -0.25) is 4.57 Å². The number of hydrogen-bond donors (Lipinski definition) is 1. The summed E-state index contributed by atoms with van der Waals surface area (Å²) in [5.41, 5.74) is -0.493. The number of benzene rings is 3. The van der Waals surface area contributed by atoms with Crippen LogP contribution in [0.2, 0.25) is 0 Å². The molecule has 0 spiro atoms. The predicted octanol–water partition coefficient (Wildman–Crippen LogP) is 7.40. The number of aliphatic hydroxyl groups is 1. The van der Waals surface area contributed by atoms with Crippen molar-refractivity contribution in [3.63, 3.8) is 0 Å². The van der Waals surface area contributed by atoms with Gasteiger partial charge in [-0.05, 0) is 69.7 Å². The highest BCUT2D eigenvalue weighted by molar-refractivity contribution is 7.99. The molecule has 1 heterocycles. The molecular weight excluding hydrogens is 461 g/mol. The van der Waals surface area contributed by atoms with Crippen molar-refractivity contribution in [2.24, 2.45) is 0 Å². The van der Waals surface area contributed by atoms with E-state index in [4.69, 9.17) is 4.74 Å². The van der Waals surface area contributed by atoms with Gasteiger partial charge in [0.25, 0.3) is 0 Å². The molecule has 0 atom stereocenters. The highest BCUT2D eigenvalue weighted by atomic mass is 32.2. The van der Waals surface area contributed by atoms with Crippen LogP contribution in [0.25, 0.3) is 16.7 Å². The minimum absolute atomic E-state index is 0.0744. The second kappa shape index (κ2) is 9.35. The van der Waals surface area contributed by atoms with Crippen molar-refractivity contribution in [3.8, 4) is 17.2 Å². The molecule has 0 unspecified atom stereocenters. The first-order valence-electron chi connectivity index (χ1n) is 10.8. The molecule has 0 aliphatic carbocycles. The molecule has 3 aromatic carbocycles. The van der Waals surface area contributed by atoms with Crippen molar-refractivity contribution < 1.29 is 23.0 Å². The SMILES string of the molecule is Cc1nc2c(C(F)(F)F)cccc2n1-c1cccc(Oc2cccc(SCCC(C)(C)O)c2)c1. The Labute approximate surface area is 200 Å². The van der Waals surface area contributed by atoms with Crippen molar-refractivity contribution in [2.45, 2.75) is 43.9 Å². The first kappa shape index (κ1) is 24.2. The lowest BCUT2D eigenvalue weighted by Crippen LogP contribution is -2.18. The molecule has 178 valence electrons. The van der Waals surface area contributed by atoms with Crippen LogP contribution in [0.1, 0.15) is 31.7 Å². The molecule has 4 aromatic rings. The third kappa shape index (κ3) is 5.56. The number of hydrogen-bond acceptors (Lipinski definition) is 4. The third-order valence-corrected chi connectivity index (χ3v) is 6.25. The number of para-hydroxylation sites is 1. The van der Waals surface area contributed by atoms with Crippen molar-refractivity contribution in [2.75, 3.05) is 5.75 Å². The van der Waals surface area contributed by atoms with Gasteiger partial charge in [0, 0.05) is 16.7 Å². The van der Waals surface area contributed by atoms with E-state index in [1.54, 1.807) is 61.4 Å². The zero-order valence-electron chi connectivity index (χ0n) is 19.1. The molecule has 0 aliphatic heterocycles. The number of imidazole rings is 1. The maximum atomic E-state index is 13.5. The van der Waals surface area contributed by atoms with E-state index in [0.717, 1.165) is 16.7 Å². The van der Waals surface area contributed by atoms with E-state index in [1.165, 1.54) is 6.07 Å². The monoisotopic (exact) mass is 486 g/mol. The molecule has 0 saturated heterocycles. The second-order valence-corrected chi connectivity index (χ2v) is 9.82. The lowest BCUT2D eigenvalue weighted by Gasteiger charge is -2.16. The minimum Gasteiger partial charge on any atom is -0.457 e. The van der Waals surface area contributed by atoms with Gasteiger partial charge in [0.15, 0.2) is 0 Å². The maximum absolute atomic E-state index is 13.5. The summed E-state index contributed by atoms with van der Waals surface area (Å²) in [6.45, 7) is 5.26. The van der Waals surface area contributed by atoms with Crippen molar-refractivity contribution in [1.82, 2.24) is 9.55 Å². The Morgan fingerprint density at radius 3 is 2.35 bits per heavy atom. The van der Waals surface area contributed by atoms with Crippen LogP contribution in [0, 0.1) is 6.92 Å². The summed E-state index contributed by atoms with van der Waals surface area (Å²) in [4.78, 5) is 5.23. The molecule has 0 fully saturated rings. The number of alkyl halides is 3. The standard InChI is InChI=1S/C26H25F3N2O2S/c1-17-30-24-22(26(27,28)29)11-6-12-23(24)31(17)18-7-4-8-19(15-18)33-20-9-5-10-21(16-20)34-14-13-25(2,3)32/h4-12,15-16,32H,13-14H2,1-3H3. The van der Waals surface area contributed by atoms with Crippen LogP contribution < -0.4 is 4.74 Å². The largest absolute Gasteiger partial charge is 0.457 e. The van der Waals surface area contributed by atoms with Gasteiger partial charge in [0.2, 0.25) is 0 Å². The van der Waals surface area contributed by atoms with Gasteiger partial charge in [-0.25, -0.2) is 4.98 Å². The summed E-state index contributed by atoms with van der Waals surface area (Å²) in [7, 11) is 0. The molecule has 4 rings (SSSR count). The number of aryl methyl sites for hydroxylation is 1. The van der Waals surface area contributed by atoms with Gasteiger partial charge in [0.05, 0.1) is 22.4 Å². The predicted molar refractivity (Wildman–Crippen MR) is 129 cm³/mol. The van der Waals surface area contributed by atoms with Gasteiger partial charge >= 0.3 is 6.18 Å². The van der Waals surface area contributed by atoms with Crippen LogP contribution in [-0.2, 0) is 6.18 Å². The van der Waals surface area contributed by atoms with Crippen molar-refractivity contribution in [1.29, 1.82) is 0 Å². The van der Waals surface area contributed by atoms with Crippen LogP contribution in [-0.4, -0.2) is 26.0 Å². The Bertz CT molecular complexity index is 1310. The van der Waals surface area contributed by atoms with E-state index >= 15 is 0 Å². The Hall–Kier alpha value is -2.97. The quantitative estimate of drug-likeness (QED) is 0.277. The molecule has 0 aliphatic rings. The highest BCUT2D eigenvalue weighted by Gasteiger charge is 2.34. The van der Waals surface area contributed by atoms with E-state index in [0.29, 0.717) is 34.9 Å². The average molecular weight is 487 g/mol. The zero-order valence-corrected chi connectivity index (χ0v) is 19.9. The number of aromatic nitrogens is 2. The zero-order chi connectivity index (χ0) is 24.5.